The van der Waals surface area contributed by atoms with E-state index in [1.165, 1.54) is 5.56 Å². The van der Waals surface area contributed by atoms with Crippen LogP contribution in [0.1, 0.15) is 19.4 Å². The highest BCUT2D eigenvalue weighted by molar-refractivity contribution is 5.44. The number of hydrogen-bond donors (Lipinski definition) is 1. The summed E-state index contributed by atoms with van der Waals surface area (Å²) in [5.74, 6) is 0.845. The topological polar surface area (TPSA) is 39.1 Å². The first-order chi connectivity index (χ1) is 9.24. The third-order valence-corrected chi connectivity index (χ3v) is 3.03. The number of aromatic nitrogens is 2. The van der Waals surface area contributed by atoms with Gasteiger partial charge in [-0.3, -0.25) is 4.57 Å². The van der Waals surface area contributed by atoms with Gasteiger partial charge in [-0.05, 0) is 31.0 Å². The van der Waals surface area contributed by atoms with Crippen molar-refractivity contribution < 1.29 is 4.74 Å². The van der Waals surface area contributed by atoms with Crippen LogP contribution in [-0.2, 0) is 11.2 Å². The molecule has 0 aliphatic carbocycles. The number of methoxy groups -OCH3 is 1. The first kappa shape index (κ1) is 13.6. The Kier molecular flexibility index (Phi) is 4.58. The SMILES string of the molecule is CCc1cccc(-n2ccnc2NC(C)COC)c1. The zero-order chi connectivity index (χ0) is 13.7. The van der Waals surface area contributed by atoms with Gasteiger partial charge in [-0.25, -0.2) is 4.98 Å². The van der Waals surface area contributed by atoms with Crippen LogP contribution in [0.15, 0.2) is 36.7 Å². The van der Waals surface area contributed by atoms with Crippen molar-refractivity contribution in [2.45, 2.75) is 26.3 Å². The summed E-state index contributed by atoms with van der Waals surface area (Å²) in [4.78, 5) is 4.37. The second-order valence-electron chi connectivity index (χ2n) is 4.65. The number of hydrogen-bond acceptors (Lipinski definition) is 3. The van der Waals surface area contributed by atoms with Crippen molar-refractivity contribution in [1.29, 1.82) is 0 Å². The first-order valence-electron chi connectivity index (χ1n) is 6.62. The Bertz CT molecular complexity index is 522. The fourth-order valence-electron chi connectivity index (χ4n) is 2.06. The molecule has 19 heavy (non-hydrogen) atoms. The van der Waals surface area contributed by atoms with Crippen molar-refractivity contribution in [3.05, 3.63) is 42.2 Å². The van der Waals surface area contributed by atoms with Crippen LogP contribution < -0.4 is 5.32 Å². The molecule has 0 aliphatic heterocycles. The molecule has 4 heteroatoms. The maximum absolute atomic E-state index is 5.13. The number of nitrogens with one attached hydrogen (secondary N) is 1. The van der Waals surface area contributed by atoms with Crippen LogP contribution in [0.4, 0.5) is 5.95 Å². The molecule has 1 aromatic heterocycles. The largest absolute Gasteiger partial charge is 0.383 e. The third-order valence-electron chi connectivity index (χ3n) is 3.03. The molecule has 0 fully saturated rings. The van der Waals surface area contributed by atoms with E-state index in [0.717, 1.165) is 18.1 Å². The van der Waals surface area contributed by atoms with Crippen LogP contribution in [0.2, 0.25) is 0 Å². The molecule has 1 unspecified atom stereocenters. The Labute approximate surface area is 114 Å². The van der Waals surface area contributed by atoms with Crippen LogP contribution in [0.25, 0.3) is 5.69 Å². The number of nitrogens with zero attached hydrogens (tertiary/aromatic N) is 2. The Morgan fingerprint density at radius 3 is 3.00 bits per heavy atom. The smallest absolute Gasteiger partial charge is 0.207 e. The molecule has 0 saturated heterocycles. The summed E-state index contributed by atoms with van der Waals surface area (Å²) < 4.78 is 7.20. The third kappa shape index (κ3) is 3.35. The van der Waals surface area contributed by atoms with Crippen molar-refractivity contribution in [3.63, 3.8) is 0 Å². The van der Waals surface area contributed by atoms with Gasteiger partial charge in [0.05, 0.1) is 6.61 Å². The average Bonchev–Trinajstić information content (AvgIpc) is 2.87. The van der Waals surface area contributed by atoms with Crippen LogP contribution in [-0.4, -0.2) is 29.3 Å². The molecule has 0 spiro atoms. The number of anilines is 1. The van der Waals surface area contributed by atoms with Crippen molar-refractivity contribution in [2.24, 2.45) is 0 Å². The number of imidazole rings is 1. The standard InChI is InChI=1S/C15H21N3O/c1-4-13-6-5-7-14(10-13)18-9-8-16-15(18)17-12(2)11-19-3/h5-10,12H,4,11H2,1-3H3,(H,16,17). The highest BCUT2D eigenvalue weighted by atomic mass is 16.5. The summed E-state index contributed by atoms with van der Waals surface area (Å²) in [6.45, 7) is 4.89. The minimum Gasteiger partial charge on any atom is -0.383 e. The Hall–Kier alpha value is -1.81. The van der Waals surface area contributed by atoms with Gasteiger partial charge in [0.25, 0.3) is 0 Å². The lowest BCUT2D eigenvalue weighted by Gasteiger charge is -2.15. The lowest BCUT2D eigenvalue weighted by Crippen LogP contribution is -2.22. The van der Waals surface area contributed by atoms with Gasteiger partial charge in [-0.2, -0.15) is 0 Å². The Balaban J connectivity index is 2.23. The van der Waals surface area contributed by atoms with Crippen molar-refractivity contribution in [2.75, 3.05) is 19.0 Å². The molecule has 1 heterocycles. The highest BCUT2D eigenvalue weighted by Gasteiger charge is 2.08. The minimum absolute atomic E-state index is 0.223. The van der Waals surface area contributed by atoms with E-state index >= 15 is 0 Å². The van der Waals surface area contributed by atoms with E-state index in [-0.39, 0.29) is 6.04 Å². The van der Waals surface area contributed by atoms with Gasteiger partial charge in [0, 0.05) is 31.2 Å². The van der Waals surface area contributed by atoms with E-state index in [2.05, 4.69) is 53.0 Å². The maximum atomic E-state index is 5.13. The van der Waals surface area contributed by atoms with E-state index in [0.29, 0.717) is 6.61 Å². The van der Waals surface area contributed by atoms with Crippen molar-refractivity contribution >= 4 is 5.95 Å². The zero-order valence-corrected chi connectivity index (χ0v) is 11.8. The van der Waals surface area contributed by atoms with Gasteiger partial charge < -0.3 is 10.1 Å². The molecule has 0 aliphatic rings. The summed E-state index contributed by atoms with van der Waals surface area (Å²) in [7, 11) is 1.70. The number of aryl methyl sites for hydroxylation is 1. The second-order valence-corrected chi connectivity index (χ2v) is 4.65. The molecule has 2 rings (SSSR count). The summed E-state index contributed by atoms with van der Waals surface area (Å²) in [5, 5.41) is 3.35. The van der Waals surface area contributed by atoms with E-state index in [1.807, 2.05) is 6.20 Å². The van der Waals surface area contributed by atoms with E-state index < -0.39 is 0 Å². The molecule has 0 radical (unpaired) electrons. The van der Waals surface area contributed by atoms with Crippen LogP contribution in [0, 0.1) is 0 Å². The summed E-state index contributed by atoms with van der Waals surface area (Å²) in [6.07, 6.45) is 4.81. The predicted octanol–water partition coefficient (Wildman–Crippen LogP) is 2.88. The summed E-state index contributed by atoms with van der Waals surface area (Å²) >= 11 is 0. The second kappa shape index (κ2) is 6.38. The fourth-order valence-corrected chi connectivity index (χ4v) is 2.06. The zero-order valence-electron chi connectivity index (χ0n) is 11.8. The van der Waals surface area contributed by atoms with Gasteiger partial charge in [-0.1, -0.05) is 19.1 Å². The number of benzene rings is 1. The lowest BCUT2D eigenvalue weighted by molar-refractivity contribution is 0.190. The maximum Gasteiger partial charge on any atom is 0.207 e. The predicted molar refractivity (Wildman–Crippen MR) is 77.9 cm³/mol. The van der Waals surface area contributed by atoms with Gasteiger partial charge >= 0.3 is 0 Å². The molecule has 0 amide bonds. The van der Waals surface area contributed by atoms with Gasteiger partial charge in [0.2, 0.25) is 5.95 Å². The molecular weight excluding hydrogens is 238 g/mol. The Morgan fingerprint density at radius 1 is 1.42 bits per heavy atom. The molecule has 102 valence electrons. The molecule has 0 bridgehead atoms. The quantitative estimate of drug-likeness (QED) is 0.867. The van der Waals surface area contributed by atoms with E-state index in [1.54, 1.807) is 13.3 Å². The van der Waals surface area contributed by atoms with Gasteiger partial charge in [-0.15, -0.1) is 0 Å². The van der Waals surface area contributed by atoms with Crippen LogP contribution >= 0.6 is 0 Å². The highest BCUT2D eigenvalue weighted by Crippen LogP contribution is 2.16. The van der Waals surface area contributed by atoms with Gasteiger partial charge in [0.15, 0.2) is 0 Å². The normalized spacial score (nSPS) is 12.4. The molecule has 0 saturated carbocycles. The molecule has 1 atom stereocenters. The van der Waals surface area contributed by atoms with E-state index in [9.17, 15) is 0 Å². The van der Waals surface area contributed by atoms with Crippen molar-refractivity contribution in [3.8, 4) is 5.69 Å². The first-order valence-corrected chi connectivity index (χ1v) is 6.62. The summed E-state index contributed by atoms with van der Waals surface area (Å²) in [6, 6.07) is 8.72. The Morgan fingerprint density at radius 2 is 2.26 bits per heavy atom. The lowest BCUT2D eigenvalue weighted by atomic mass is 10.1. The van der Waals surface area contributed by atoms with E-state index in [4.69, 9.17) is 4.74 Å². The molecule has 2 aromatic rings. The minimum atomic E-state index is 0.223. The number of ether oxygens (including phenoxy) is 1. The fraction of sp³-hybridized carbons (Fsp3) is 0.400. The monoisotopic (exact) mass is 259 g/mol. The molecular formula is C15H21N3O. The van der Waals surface area contributed by atoms with Crippen LogP contribution in [0.3, 0.4) is 0 Å². The number of rotatable bonds is 6. The molecule has 1 N–H and O–H groups in total. The molecule has 1 aromatic carbocycles. The average molecular weight is 259 g/mol. The molecule has 4 nitrogen and oxygen atoms in total. The van der Waals surface area contributed by atoms with Crippen LogP contribution in [0.5, 0.6) is 0 Å². The van der Waals surface area contributed by atoms with Gasteiger partial charge in [0.1, 0.15) is 0 Å². The summed E-state index contributed by atoms with van der Waals surface area (Å²) in [5.41, 5.74) is 2.45. The van der Waals surface area contributed by atoms with Crippen molar-refractivity contribution in [1.82, 2.24) is 9.55 Å².